The van der Waals surface area contributed by atoms with Gasteiger partial charge in [0.25, 0.3) is 0 Å². The summed E-state index contributed by atoms with van der Waals surface area (Å²) in [6.07, 6.45) is 9.80. The second-order valence-corrected chi connectivity index (χ2v) is 10.9. The first-order chi connectivity index (χ1) is 22.3. The molecule has 0 bridgehead atoms. The summed E-state index contributed by atoms with van der Waals surface area (Å²) in [5, 5.41) is 17.4. The van der Waals surface area contributed by atoms with Crippen LogP contribution in [-0.2, 0) is 9.47 Å². The molecule has 244 valence electrons. The summed E-state index contributed by atoms with van der Waals surface area (Å²) >= 11 is 3.32. The summed E-state index contributed by atoms with van der Waals surface area (Å²) in [5.74, 6) is 3.02. The number of nitrogens with two attached hydrogens (primary N) is 2. The van der Waals surface area contributed by atoms with Crippen LogP contribution in [0.2, 0.25) is 0 Å². The number of ether oxygens (including phenoxy) is 4. The van der Waals surface area contributed by atoms with E-state index < -0.39 is 7.12 Å². The highest BCUT2D eigenvalue weighted by molar-refractivity contribution is 9.10. The van der Waals surface area contributed by atoms with Crippen molar-refractivity contribution >= 4 is 51.5 Å². The number of aromatic nitrogens is 4. The highest BCUT2D eigenvalue weighted by Crippen LogP contribution is 2.29. The lowest BCUT2D eigenvalue weighted by Gasteiger charge is -2.28. The fourth-order valence-electron chi connectivity index (χ4n) is 4.44. The van der Waals surface area contributed by atoms with Gasteiger partial charge in [0.05, 0.1) is 63.2 Å². The fourth-order valence-corrected chi connectivity index (χ4v) is 4.66. The first kappa shape index (κ1) is 34.7. The van der Waals surface area contributed by atoms with E-state index in [4.69, 9.17) is 40.5 Å². The van der Waals surface area contributed by atoms with Gasteiger partial charge in [-0.1, -0.05) is 0 Å². The normalized spacial score (nSPS) is 14.3. The van der Waals surface area contributed by atoms with E-state index in [1.165, 1.54) is 25.6 Å². The number of anilines is 4. The number of morpholine rings is 2. The van der Waals surface area contributed by atoms with Gasteiger partial charge in [-0.15, -0.1) is 0 Å². The largest absolute Gasteiger partial charge is 0.495 e. The summed E-state index contributed by atoms with van der Waals surface area (Å²) in [6.45, 7) is 6.42. The smallest absolute Gasteiger partial charge is 0.490 e. The van der Waals surface area contributed by atoms with Crippen LogP contribution < -0.4 is 36.2 Å². The Kier molecular flexibility index (Phi) is 13.2. The highest BCUT2D eigenvalue weighted by atomic mass is 79.9. The third-order valence-electron chi connectivity index (χ3n) is 6.99. The Hall–Kier alpha value is -4.22. The first-order valence-electron chi connectivity index (χ1n) is 14.5. The van der Waals surface area contributed by atoms with Crippen molar-refractivity contribution in [3.05, 3.63) is 65.9 Å². The van der Waals surface area contributed by atoms with E-state index in [1.54, 1.807) is 31.9 Å². The van der Waals surface area contributed by atoms with Gasteiger partial charge in [0.2, 0.25) is 0 Å². The maximum absolute atomic E-state index is 8.70. The van der Waals surface area contributed by atoms with E-state index >= 15 is 0 Å². The minimum Gasteiger partial charge on any atom is -0.495 e. The Labute approximate surface area is 276 Å². The summed E-state index contributed by atoms with van der Waals surface area (Å²) in [5.41, 5.74) is 15.5. The molecule has 0 saturated carbocycles. The van der Waals surface area contributed by atoms with E-state index in [1.807, 2.05) is 18.2 Å². The van der Waals surface area contributed by atoms with Crippen LogP contribution in [0.3, 0.4) is 0 Å². The summed E-state index contributed by atoms with van der Waals surface area (Å²) in [4.78, 5) is 21.1. The van der Waals surface area contributed by atoms with E-state index in [2.05, 4.69) is 45.7 Å². The molecule has 14 nitrogen and oxygen atoms in total. The van der Waals surface area contributed by atoms with Gasteiger partial charge < -0.3 is 50.3 Å². The number of nitrogen functional groups attached to an aromatic ring is 2. The minimum atomic E-state index is -1.49. The molecule has 0 aliphatic carbocycles. The van der Waals surface area contributed by atoms with Crippen molar-refractivity contribution in [1.29, 1.82) is 0 Å². The third kappa shape index (κ3) is 9.89. The van der Waals surface area contributed by atoms with Gasteiger partial charge >= 0.3 is 7.12 Å². The van der Waals surface area contributed by atoms with Gasteiger partial charge in [-0.3, -0.25) is 9.97 Å². The summed E-state index contributed by atoms with van der Waals surface area (Å²) < 4.78 is 21.5. The zero-order valence-electron chi connectivity index (χ0n) is 25.8. The number of nitrogens with zero attached hydrogens (tertiary/aromatic N) is 6. The Morgan fingerprint density at radius 2 is 1.24 bits per heavy atom. The van der Waals surface area contributed by atoms with Crippen molar-refractivity contribution in [2.24, 2.45) is 0 Å². The number of methoxy groups -OCH3 is 2. The topological polar surface area (TPSA) is 187 Å². The maximum atomic E-state index is 8.70. The van der Waals surface area contributed by atoms with Gasteiger partial charge in [0.15, 0.2) is 0 Å². The van der Waals surface area contributed by atoms with Crippen molar-refractivity contribution in [2.75, 3.05) is 88.1 Å². The fraction of sp³-hybridized carbons (Fsp3) is 0.333. The van der Waals surface area contributed by atoms with Crippen molar-refractivity contribution < 1.29 is 29.0 Å². The van der Waals surface area contributed by atoms with Gasteiger partial charge in [0.1, 0.15) is 23.1 Å². The van der Waals surface area contributed by atoms with Crippen LogP contribution in [0.15, 0.2) is 65.9 Å². The Morgan fingerprint density at radius 1 is 0.717 bits per heavy atom. The minimum absolute atomic E-state index is 0.323. The predicted molar refractivity (Wildman–Crippen MR) is 181 cm³/mol. The van der Waals surface area contributed by atoms with Crippen LogP contribution in [0.25, 0.3) is 11.1 Å². The molecule has 2 aliphatic heterocycles. The molecule has 0 unspecified atom stereocenters. The van der Waals surface area contributed by atoms with Crippen LogP contribution in [0, 0.1) is 0 Å². The Bertz CT molecular complexity index is 1540. The Morgan fingerprint density at radius 3 is 1.76 bits per heavy atom. The van der Waals surface area contributed by atoms with Crippen molar-refractivity contribution in [3.63, 3.8) is 0 Å². The predicted octanol–water partition coefficient (Wildman–Crippen LogP) is 1.60. The average molecular weight is 697 g/mol. The molecule has 46 heavy (non-hydrogen) atoms. The van der Waals surface area contributed by atoms with Gasteiger partial charge in [-0.2, -0.15) is 0 Å². The number of hydrogen-bond donors (Lipinski definition) is 4. The molecule has 4 aromatic rings. The second kappa shape index (κ2) is 17.5. The lowest BCUT2D eigenvalue weighted by atomic mass is 9.82. The molecule has 6 rings (SSSR count). The number of rotatable bonds is 6. The number of halogens is 1. The van der Waals surface area contributed by atoms with Crippen LogP contribution in [0.4, 0.5) is 23.0 Å². The quantitative estimate of drug-likeness (QED) is 0.213. The monoisotopic (exact) mass is 696 g/mol. The Balaban J connectivity index is 0.000000167. The molecule has 0 radical (unpaired) electrons. The first-order valence-corrected chi connectivity index (χ1v) is 15.2. The van der Waals surface area contributed by atoms with Crippen molar-refractivity contribution in [1.82, 2.24) is 19.9 Å². The molecule has 0 aromatic carbocycles. The molecule has 0 atom stereocenters. The lowest BCUT2D eigenvalue weighted by molar-refractivity contribution is 0.122. The van der Waals surface area contributed by atoms with E-state index in [0.717, 1.165) is 85.5 Å². The molecule has 6 heterocycles. The van der Waals surface area contributed by atoms with Crippen LogP contribution >= 0.6 is 15.9 Å². The van der Waals surface area contributed by atoms with Crippen LogP contribution in [0.5, 0.6) is 11.5 Å². The molecule has 2 aliphatic rings. The highest BCUT2D eigenvalue weighted by Gasteiger charge is 2.15. The molecule has 2 saturated heterocycles. The zero-order chi connectivity index (χ0) is 32.9. The maximum Gasteiger partial charge on any atom is 0.490 e. The molecule has 4 aromatic heterocycles. The van der Waals surface area contributed by atoms with Gasteiger partial charge in [0, 0.05) is 85.4 Å². The average Bonchev–Trinajstić information content (AvgIpc) is 3.10. The van der Waals surface area contributed by atoms with Gasteiger partial charge in [-0.05, 0) is 28.1 Å². The van der Waals surface area contributed by atoms with Crippen LogP contribution in [-0.4, -0.2) is 104 Å². The molecule has 2 fully saturated rings. The van der Waals surface area contributed by atoms with E-state index in [-0.39, 0.29) is 0 Å². The molecular formula is C30H38BBrN8O6. The molecular weight excluding hydrogens is 659 g/mol. The van der Waals surface area contributed by atoms with Gasteiger partial charge in [-0.25, -0.2) is 9.97 Å². The third-order valence-corrected chi connectivity index (χ3v) is 7.65. The number of hydrogen-bond acceptors (Lipinski definition) is 14. The van der Waals surface area contributed by atoms with Crippen molar-refractivity contribution in [2.45, 2.75) is 0 Å². The molecule has 0 spiro atoms. The zero-order valence-corrected chi connectivity index (χ0v) is 27.3. The molecule has 0 amide bonds. The second-order valence-electron chi connectivity index (χ2n) is 10.0. The summed E-state index contributed by atoms with van der Waals surface area (Å²) in [6, 6.07) is 7.20. The SMILES string of the molecule is COc1cncc(-c2cnc(N3CCOCC3)cc2N)c1.COc1cncc(B(O)O)c1.Nc1cc(N2CCOCC2)ncc1Br. The van der Waals surface area contributed by atoms with E-state index in [9.17, 15) is 0 Å². The lowest BCUT2D eigenvalue weighted by Crippen LogP contribution is -2.36. The van der Waals surface area contributed by atoms with Crippen molar-refractivity contribution in [3.8, 4) is 22.6 Å². The number of pyridine rings is 4. The molecule has 6 N–H and O–H groups in total. The van der Waals surface area contributed by atoms with Crippen LogP contribution in [0.1, 0.15) is 0 Å². The standard InChI is InChI=1S/C15H18N4O2.C9H12BrN3O.C6H8BNO3/c1-20-12-6-11(8-17-9-12)13-10-18-15(7-14(13)16)19-2-4-21-5-3-19;10-7-6-12-9(5-8(7)11)13-1-3-14-4-2-13;1-11-6-2-5(7(9)10)3-8-4-6/h6-10H,2-5H2,1H3,(H2,16,18);5-6H,1-4H2,(H2,11,12);2-4,9-10H,1H3. The molecule has 16 heteroatoms. The summed E-state index contributed by atoms with van der Waals surface area (Å²) in [7, 11) is 1.62. The van der Waals surface area contributed by atoms with E-state index in [0.29, 0.717) is 22.6 Å².